The van der Waals surface area contributed by atoms with Gasteiger partial charge in [-0.25, -0.2) is 0 Å². The van der Waals surface area contributed by atoms with E-state index in [2.05, 4.69) is 20.7 Å². The standard InChI is InChI=1S/C13H17N3O2S/c1-3-11(10-8-6-5-7-9-10)14-12-13(18-4-2)16-19(17)15-12/h5-9,11H,3-4H2,1-2H3,(H,14,15). The number of ether oxygens (including phenoxy) is 1. The van der Waals surface area contributed by atoms with Crippen LogP contribution >= 0.6 is 11.1 Å². The predicted molar refractivity (Wildman–Crippen MR) is 73.4 cm³/mol. The van der Waals surface area contributed by atoms with Crippen LogP contribution in [0.4, 0.5) is 0 Å². The zero-order chi connectivity index (χ0) is 13.7. The quantitative estimate of drug-likeness (QED) is 0.855. The van der Waals surface area contributed by atoms with Crippen LogP contribution in [-0.4, -0.2) is 19.9 Å². The lowest BCUT2D eigenvalue weighted by Crippen LogP contribution is -2.11. The number of aromatic amines is 1. The molecule has 102 valence electrons. The van der Waals surface area contributed by atoms with Crippen molar-refractivity contribution in [2.75, 3.05) is 6.61 Å². The first-order chi connectivity index (χ1) is 9.24. The maximum absolute atomic E-state index is 11.4. The Balaban J connectivity index is 2.38. The van der Waals surface area contributed by atoms with E-state index in [-0.39, 0.29) is 6.04 Å². The van der Waals surface area contributed by atoms with Crippen molar-refractivity contribution >= 4 is 11.1 Å². The Morgan fingerprint density at radius 2 is 2.11 bits per heavy atom. The van der Waals surface area contributed by atoms with Crippen molar-refractivity contribution in [1.29, 1.82) is 0 Å². The average Bonchev–Trinajstić information content (AvgIpc) is 2.77. The van der Waals surface area contributed by atoms with Crippen molar-refractivity contribution in [2.24, 2.45) is 4.99 Å². The van der Waals surface area contributed by atoms with Gasteiger partial charge in [-0.15, -0.1) is 4.37 Å². The minimum atomic E-state index is -1.48. The van der Waals surface area contributed by atoms with E-state index in [1.54, 1.807) is 0 Å². The van der Waals surface area contributed by atoms with Gasteiger partial charge in [-0.1, -0.05) is 37.3 Å². The minimum Gasteiger partial charge on any atom is -0.548 e. The summed E-state index contributed by atoms with van der Waals surface area (Å²) in [5.74, 6) is 0.329. The largest absolute Gasteiger partial charge is 0.548 e. The van der Waals surface area contributed by atoms with Crippen molar-refractivity contribution in [3.63, 3.8) is 0 Å². The van der Waals surface area contributed by atoms with Gasteiger partial charge in [0.2, 0.25) is 5.49 Å². The molecular formula is C13H17N3O2S. The molecule has 0 radical (unpaired) electrons. The molecule has 2 unspecified atom stereocenters. The van der Waals surface area contributed by atoms with Crippen LogP contribution in [0.3, 0.4) is 0 Å². The molecule has 19 heavy (non-hydrogen) atoms. The molecule has 1 aromatic carbocycles. The van der Waals surface area contributed by atoms with Gasteiger partial charge < -0.3 is 9.29 Å². The zero-order valence-electron chi connectivity index (χ0n) is 11.0. The number of rotatable bonds is 5. The lowest BCUT2D eigenvalue weighted by atomic mass is 10.1. The molecule has 0 aliphatic heterocycles. The van der Waals surface area contributed by atoms with E-state index in [1.165, 1.54) is 0 Å². The molecule has 0 amide bonds. The van der Waals surface area contributed by atoms with Crippen molar-refractivity contribution < 1.29 is 9.29 Å². The Kier molecular flexibility index (Phi) is 4.70. The van der Waals surface area contributed by atoms with Gasteiger partial charge >= 0.3 is 5.88 Å². The molecule has 0 fully saturated rings. The van der Waals surface area contributed by atoms with Gasteiger partial charge in [-0.05, 0) is 18.9 Å². The molecule has 5 nitrogen and oxygen atoms in total. The first-order valence-electron chi connectivity index (χ1n) is 6.27. The molecule has 2 rings (SSSR count). The third-order valence-corrected chi connectivity index (χ3v) is 3.39. The second kappa shape index (κ2) is 6.49. The van der Waals surface area contributed by atoms with E-state index in [1.807, 2.05) is 37.3 Å². The fraction of sp³-hybridized carbons (Fsp3) is 0.385. The van der Waals surface area contributed by atoms with Crippen LogP contribution in [0.1, 0.15) is 31.9 Å². The highest BCUT2D eigenvalue weighted by Gasteiger charge is 2.13. The number of benzene rings is 1. The summed E-state index contributed by atoms with van der Waals surface area (Å²) < 4.78 is 23.3. The monoisotopic (exact) mass is 279 g/mol. The smallest absolute Gasteiger partial charge is 0.317 e. The van der Waals surface area contributed by atoms with Crippen LogP contribution in [-0.2, 0) is 0 Å². The van der Waals surface area contributed by atoms with Crippen molar-refractivity contribution in [3.05, 3.63) is 41.4 Å². The van der Waals surface area contributed by atoms with E-state index in [0.29, 0.717) is 18.0 Å². The summed E-state index contributed by atoms with van der Waals surface area (Å²) in [5.41, 5.74) is 1.59. The Labute approximate surface area is 115 Å². The van der Waals surface area contributed by atoms with Gasteiger partial charge in [0.25, 0.3) is 0 Å². The van der Waals surface area contributed by atoms with Crippen molar-refractivity contribution in [3.8, 4) is 5.88 Å². The van der Waals surface area contributed by atoms with Crippen LogP contribution in [0.2, 0.25) is 0 Å². The molecule has 0 aliphatic rings. The summed E-state index contributed by atoms with van der Waals surface area (Å²) in [7, 11) is 0. The Bertz CT molecular complexity index is 577. The van der Waals surface area contributed by atoms with Gasteiger partial charge in [0.1, 0.15) is 0 Å². The first kappa shape index (κ1) is 13.8. The number of hydrogen-bond acceptors (Lipinski definition) is 4. The summed E-state index contributed by atoms with van der Waals surface area (Å²) in [6.45, 7) is 4.39. The van der Waals surface area contributed by atoms with Crippen LogP contribution in [0.25, 0.3) is 0 Å². The summed E-state index contributed by atoms with van der Waals surface area (Å²) in [6.07, 6.45) is 0.848. The molecule has 0 saturated heterocycles. The summed E-state index contributed by atoms with van der Waals surface area (Å²) in [4.78, 5) is 4.57. The second-order valence-electron chi connectivity index (χ2n) is 3.99. The van der Waals surface area contributed by atoms with Crippen LogP contribution in [0, 0.1) is 0 Å². The van der Waals surface area contributed by atoms with E-state index in [0.717, 1.165) is 12.0 Å². The lowest BCUT2D eigenvalue weighted by molar-refractivity contribution is 0.324. The molecule has 0 aliphatic carbocycles. The highest BCUT2D eigenvalue weighted by Crippen LogP contribution is 2.20. The molecule has 2 atom stereocenters. The minimum absolute atomic E-state index is 0.00413. The fourth-order valence-corrected chi connectivity index (χ4v) is 2.45. The highest BCUT2D eigenvalue weighted by atomic mass is 32.2. The van der Waals surface area contributed by atoms with Crippen molar-refractivity contribution in [1.82, 2.24) is 8.75 Å². The summed E-state index contributed by atoms with van der Waals surface area (Å²) in [6, 6.07) is 10.00. The van der Waals surface area contributed by atoms with E-state index in [9.17, 15) is 4.55 Å². The topological polar surface area (TPSA) is 73.3 Å². The number of nitrogens with one attached hydrogen (secondary N) is 1. The SMILES string of the molecule is CCOc1n[s+]([O-])[nH]c1=NC(CC)c1ccccc1. The molecule has 0 saturated carbocycles. The van der Waals surface area contributed by atoms with Crippen LogP contribution in [0.5, 0.6) is 5.88 Å². The van der Waals surface area contributed by atoms with Gasteiger partial charge in [0, 0.05) is 4.37 Å². The van der Waals surface area contributed by atoms with E-state index < -0.39 is 11.1 Å². The van der Waals surface area contributed by atoms with Crippen molar-refractivity contribution in [2.45, 2.75) is 26.3 Å². The molecule has 2 aromatic rings. The molecule has 1 N–H and O–H groups in total. The fourth-order valence-electron chi connectivity index (χ4n) is 1.81. The number of aromatic nitrogens is 2. The summed E-state index contributed by atoms with van der Waals surface area (Å²) in [5, 5.41) is 0. The highest BCUT2D eigenvalue weighted by molar-refractivity contribution is 7.13. The first-order valence-corrected chi connectivity index (χ1v) is 7.38. The molecule has 0 bridgehead atoms. The molecule has 0 spiro atoms. The maximum atomic E-state index is 11.4. The maximum Gasteiger partial charge on any atom is 0.317 e. The van der Waals surface area contributed by atoms with E-state index >= 15 is 0 Å². The van der Waals surface area contributed by atoms with Crippen LogP contribution in [0.15, 0.2) is 35.3 Å². The van der Waals surface area contributed by atoms with Gasteiger partial charge in [0.05, 0.1) is 12.6 Å². The second-order valence-corrected chi connectivity index (χ2v) is 4.88. The summed E-state index contributed by atoms with van der Waals surface area (Å²) >= 11 is -1.48. The Morgan fingerprint density at radius 1 is 1.37 bits per heavy atom. The normalized spacial score (nSPS) is 14.5. The van der Waals surface area contributed by atoms with Crippen LogP contribution < -0.4 is 10.2 Å². The number of H-pyrrole nitrogens is 1. The number of hydrogen-bond donors (Lipinski definition) is 1. The molecule has 1 aromatic heterocycles. The van der Waals surface area contributed by atoms with E-state index in [4.69, 9.17) is 4.74 Å². The third-order valence-electron chi connectivity index (χ3n) is 2.69. The lowest BCUT2D eigenvalue weighted by Gasteiger charge is -2.08. The van der Waals surface area contributed by atoms with Gasteiger partial charge in [-0.3, -0.25) is 4.99 Å². The molecular weight excluding hydrogens is 262 g/mol. The Hall–Kier alpha value is -1.66. The Morgan fingerprint density at radius 3 is 2.74 bits per heavy atom. The predicted octanol–water partition coefficient (Wildman–Crippen LogP) is 2.59. The molecule has 6 heteroatoms. The number of nitrogens with zero attached hydrogens (tertiary/aromatic N) is 2. The zero-order valence-corrected chi connectivity index (χ0v) is 11.8. The molecule has 1 heterocycles. The third kappa shape index (κ3) is 3.42. The van der Waals surface area contributed by atoms with Gasteiger partial charge in [0.15, 0.2) is 11.1 Å². The average molecular weight is 279 g/mol. The van der Waals surface area contributed by atoms with Gasteiger partial charge in [-0.2, -0.15) is 0 Å².